The van der Waals surface area contributed by atoms with Crippen molar-refractivity contribution in [2.75, 3.05) is 0 Å². The van der Waals surface area contributed by atoms with Crippen LogP contribution in [0.15, 0.2) is 30.3 Å². The van der Waals surface area contributed by atoms with Gasteiger partial charge in [-0.25, -0.2) is 4.98 Å². The van der Waals surface area contributed by atoms with Crippen LogP contribution in [0.5, 0.6) is 0 Å². The largest absolute Gasteiger partial charge is 0.310 e. The third-order valence-corrected chi connectivity index (χ3v) is 3.17. The lowest BCUT2D eigenvalue weighted by molar-refractivity contribution is 0.445. The molecule has 0 aliphatic rings. The molecule has 2 aromatic rings. The van der Waals surface area contributed by atoms with Crippen LogP contribution < -0.4 is 5.73 Å². The fraction of sp³-hybridized carbons (Fsp3) is 0.357. The van der Waals surface area contributed by atoms with Gasteiger partial charge in [0, 0.05) is 13.0 Å². The van der Waals surface area contributed by atoms with E-state index in [2.05, 4.69) is 16.2 Å². The molecule has 0 saturated heterocycles. The number of aryl methyl sites for hydroxylation is 3. The number of hydrogen-bond acceptors (Lipinski definition) is 4. The first-order chi connectivity index (χ1) is 9.05. The standard InChI is InChI=1S/C14H17N5/c1-11-17-12(2)19(18-11)9-8-14(16,10-15)13-6-4-3-5-7-13/h3-7H,8-9,16H2,1-2H3. The zero-order valence-corrected chi connectivity index (χ0v) is 11.2. The van der Waals surface area contributed by atoms with Crippen molar-refractivity contribution in [3.05, 3.63) is 47.5 Å². The van der Waals surface area contributed by atoms with Gasteiger partial charge in [0.15, 0.2) is 0 Å². The second kappa shape index (κ2) is 5.21. The van der Waals surface area contributed by atoms with Crippen LogP contribution in [-0.2, 0) is 12.1 Å². The molecule has 0 bridgehead atoms. The van der Waals surface area contributed by atoms with Gasteiger partial charge in [-0.2, -0.15) is 10.4 Å². The molecule has 19 heavy (non-hydrogen) atoms. The SMILES string of the molecule is Cc1nc(C)n(CCC(N)(C#N)c2ccccc2)n1. The van der Waals surface area contributed by atoms with Crippen LogP contribution in [0.1, 0.15) is 23.6 Å². The molecule has 1 aromatic heterocycles. The first-order valence-electron chi connectivity index (χ1n) is 6.19. The first kappa shape index (κ1) is 13.2. The molecule has 0 aliphatic carbocycles. The minimum atomic E-state index is -0.993. The second-order valence-corrected chi connectivity index (χ2v) is 4.63. The van der Waals surface area contributed by atoms with Gasteiger partial charge in [0.25, 0.3) is 0 Å². The molecule has 0 spiro atoms. The molecule has 0 saturated carbocycles. The maximum Gasteiger partial charge on any atom is 0.147 e. The van der Waals surface area contributed by atoms with E-state index < -0.39 is 5.54 Å². The van der Waals surface area contributed by atoms with E-state index in [4.69, 9.17) is 5.73 Å². The Kier molecular flexibility index (Phi) is 3.63. The molecule has 2 N–H and O–H groups in total. The number of nitrogens with zero attached hydrogens (tertiary/aromatic N) is 4. The molecule has 0 fully saturated rings. The molecular formula is C14H17N5. The van der Waals surface area contributed by atoms with Gasteiger partial charge in [0.2, 0.25) is 0 Å². The van der Waals surface area contributed by atoms with Gasteiger partial charge in [-0.05, 0) is 19.4 Å². The summed E-state index contributed by atoms with van der Waals surface area (Å²) in [6, 6.07) is 11.6. The predicted octanol–water partition coefficient (Wildman–Crippen LogP) is 1.66. The summed E-state index contributed by atoms with van der Waals surface area (Å²) < 4.78 is 1.79. The van der Waals surface area contributed by atoms with Crippen molar-refractivity contribution in [3.63, 3.8) is 0 Å². The maximum absolute atomic E-state index is 9.37. The molecule has 1 unspecified atom stereocenters. The normalized spacial score (nSPS) is 13.8. The van der Waals surface area contributed by atoms with Crippen molar-refractivity contribution in [1.29, 1.82) is 5.26 Å². The zero-order valence-electron chi connectivity index (χ0n) is 11.2. The highest BCUT2D eigenvalue weighted by molar-refractivity contribution is 5.30. The third kappa shape index (κ3) is 2.80. The van der Waals surface area contributed by atoms with Gasteiger partial charge in [-0.3, -0.25) is 4.68 Å². The molecule has 0 radical (unpaired) electrons. The topological polar surface area (TPSA) is 80.5 Å². The summed E-state index contributed by atoms with van der Waals surface area (Å²) >= 11 is 0. The Labute approximate surface area is 112 Å². The predicted molar refractivity (Wildman–Crippen MR) is 72.0 cm³/mol. The molecule has 0 amide bonds. The van der Waals surface area contributed by atoms with E-state index in [1.165, 1.54) is 0 Å². The fourth-order valence-electron chi connectivity index (χ4n) is 2.06. The highest BCUT2D eigenvalue weighted by Gasteiger charge is 2.27. The molecular weight excluding hydrogens is 238 g/mol. The van der Waals surface area contributed by atoms with E-state index in [9.17, 15) is 5.26 Å². The Balaban J connectivity index is 2.17. The van der Waals surface area contributed by atoms with E-state index >= 15 is 0 Å². The molecule has 5 heteroatoms. The van der Waals surface area contributed by atoms with Crippen molar-refractivity contribution in [2.45, 2.75) is 32.4 Å². The van der Waals surface area contributed by atoms with E-state index in [1.54, 1.807) is 4.68 Å². The summed E-state index contributed by atoms with van der Waals surface area (Å²) in [5.74, 6) is 1.57. The van der Waals surface area contributed by atoms with Crippen LogP contribution in [-0.4, -0.2) is 14.8 Å². The van der Waals surface area contributed by atoms with Gasteiger partial charge >= 0.3 is 0 Å². The first-order valence-corrected chi connectivity index (χ1v) is 6.19. The lowest BCUT2D eigenvalue weighted by Crippen LogP contribution is -2.36. The fourth-order valence-corrected chi connectivity index (χ4v) is 2.06. The summed E-state index contributed by atoms with van der Waals surface area (Å²) in [7, 11) is 0. The van der Waals surface area contributed by atoms with E-state index in [0.717, 1.165) is 17.2 Å². The molecule has 1 heterocycles. The van der Waals surface area contributed by atoms with Gasteiger partial charge in [0.05, 0.1) is 6.07 Å². The van der Waals surface area contributed by atoms with E-state index in [-0.39, 0.29) is 0 Å². The number of nitrogens with two attached hydrogens (primary N) is 1. The van der Waals surface area contributed by atoms with Crippen LogP contribution in [0.4, 0.5) is 0 Å². The Morgan fingerprint density at radius 3 is 2.53 bits per heavy atom. The summed E-state index contributed by atoms with van der Waals surface area (Å²) in [5, 5.41) is 13.7. The Hall–Kier alpha value is -2.19. The monoisotopic (exact) mass is 255 g/mol. The molecule has 0 aliphatic heterocycles. The Bertz CT molecular complexity index is 596. The van der Waals surface area contributed by atoms with Crippen molar-refractivity contribution in [2.24, 2.45) is 5.73 Å². The van der Waals surface area contributed by atoms with Gasteiger partial charge in [0.1, 0.15) is 17.2 Å². The quantitative estimate of drug-likeness (QED) is 0.901. The number of rotatable bonds is 4. The summed E-state index contributed by atoms with van der Waals surface area (Å²) in [6.07, 6.45) is 0.497. The van der Waals surface area contributed by atoms with E-state index in [1.807, 2.05) is 44.2 Å². The van der Waals surface area contributed by atoms with Crippen LogP contribution >= 0.6 is 0 Å². The average Bonchev–Trinajstić information content (AvgIpc) is 2.75. The minimum absolute atomic E-state index is 0.497. The molecule has 5 nitrogen and oxygen atoms in total. The maximum atomic E-state index is 9.37. The Morgan fingerprint density at radius 2 is 2.00 bits per heavy atom. The molecule has 1 atom stereocenters. The molecule has 98 valence electrons. The van der Waals surface area contributed by atoms with Crippen molar-refractivity contribution < 1.29 is 0 Å². The van der Waals surface area contributed by atoms with Crippen LogP contribution in [0.25, 0.3) is 0 Å². The number of benzene rings is 1. The van der Waals surface area contributed by atoms with Crippen molar-refractivity contribution >= 4 is 0 Å². The smallest absolute Gasteiger partial charge is 0.147 e. The zero-order chi connectivity index (χ0) is 13.9. The number of hydrogen-bond donors (Lipinski definition) is 1. The highest BCUT2D eigenvalue weighted by Crippen LogP contribution is 2.22. The molecule has 2 rings (SSSR count). The van der Waals surface area contributed by atoms with Crippen LogP contribution in [0.2, 0.25) is 0 Å². The second-order valence-electron chi connectivity index (χ2n) is 4.63. The van der Waals surface area contributed by atoms with Crippen molar-refractivity contribution in [3.8, 4) is 6.07 Å². The number of nitriles is 1. The summed E-state index contributed by atoms with van der Waals surface area (Å²) in [5.41, 5.74) is 6.03. The lowest BCUT2D eigenvalue weighted by atomic mass is 9.89. The Morgan fingerprint density at radius 1 is 1.32 bits per heavy atom. The minimum Gasteiger partial charge on any atom is -0.310 e. The third-order valence-electron chi connectivity index (χ3n) is 3.17. The van der Waals surface area contributed by atoms with E-state index in [0.29, 0.717) is 13.0 Å². The molecule has 1 aromatic carbocycles. The summed E-state index contributed by atoms with van der Waals surface area (Å²) in [6.45, 7) is 4.32. The van der Waals surface area contributed by atoms with Crippen LogP contribution in [0.3, 0.4) is 0 Å². The number of aromatic nitrogens is 3. The lowest BCUT2D eigenvalue weighted by Gasteiger charge is -2.22. The van der Waals surface area contributed by atoms with Crippen molar-refractivity contribution in [1.82, 2.24) is 14.8 Å². The van der Waals surface area contributed by atoms with Crippen LogP contribution in [0, 0.1) is 25.2 Å². The van der Waals surface area contributed by atoms with Gasteiger partial charge in [-0.15, -0.1) is 0 Å². The summed E-state index contributed by atoms with van der Waals surface area (Å²) in [4.78, 5) is 4.24. The van der Waals surface area contributed by atoms with Gasteiger partial charge in [-0.1, -0.05) is 30.3 Å². The average molecular weight is 255 g/mol. The highest BCUT2D eigenvalue weighted by atomic mass is 15.3. The van der Waals surface area contributed by atoms with Gasteiger partial charge < -0.3 is 5.73 Å².